The van der Waals surface area contributed by atoms with Crippen LogP contribution in [0.4, 0.5) is 0 Å². The molecule has 3 N–H and O–H groups in total. The molecule has 5 nitrogen and oxygen atoms in total. The van der Waals surface area contributed by atoms with E-state index in [9.17, 15) is 14.7 Å². The molecule has 1 rings (SSSR count). The van der Waals surface area contributed by atoms with Crippen molar-refractivity contribution in [3.8, 4) is 0 Å². The number of carboxylic acids is 1. The molecule has 1 aliphatic heterocycles. The van der Waals surface area contributed by atoms with Crippen LogP contribution in [-0.2, 0) is 9.59 Å². The number of amides is 1. The van der Waals surface area contributed by atoms with Gasteiger partial charge in [0.15, 0.2) is 0 Å². The molecular weight excluding hydrogens is 256 g/mol. The second-order valence-corrected chi connectivity index (χ2v) is 7.00. The van der Waals surface area contributed by atoms with Crippen molar-refractivity contribution >= 4 is 11.9 Å². The molecule has 0 aliphatic carbocycles. The van der Waals surface area contributed by atoms with Crippen molar-refractivity contribution in [2.45, 2.75) is 65.5 Å². The minimum Gasteiger partial charge on any atom is -0.480 e. The van der Waals surface area contributed by atoms with Gasteiger partial charge >= 0.3 is 5.97 Å². The standard InChI is InChI=1S/C15H28N2O3/c1-6-10-7-8-17(11(9-10)12(18)19)13(20)14(2,3)15(4,5)16/h10-11H,6-9,16H2,1-5H3,(H,18,19). The summed E-state index contributed by atoms with van der Waals surface area (Å²) in [7, 11) is 0. The molecule has 0 aromatic heterocycles. The maximum Gasteiger partial charge on any atom is 0.326 e. The Balaban J connectivity index is 2.99. The van der Waals surface area contributed by atoms with Crippen LogP contribution < -0.4 is 5.73 Å². The molecule has 2 unspecified atom stereocenters. The molecule has 0 bridgehead atoms. The summed E-state index contributed by atoms with van der Waals surface area (Å²) < 4.78 is 0. The lowest BCUT2D eigenvalue weighted by Gasteiger charge is -2.45. The van der Waals surface area contributed by atoms with Crippen LogP contribution in [0.2, 0.25) is 0 Å². The lowest BCUT2D eigenvalue weighted by molar-refractivity contribution is -0.159. The van der Waals surface area contributed by atoms with Gasteiger partial charge in [0.1, 0.15) is 6.04 Å². The summed E-state index contributed by atoms with van der Waals surface area (Å²) >= 11 is 0. The van der Waals surface area contributed by atoms with Crippen molar-refractivity contribution in [2.75, 3.05) is 6.54 Å². The molecule has 0 spiro atoms. The number of carbonyl (C=O) groups is 2. The fourth-order valence-corrected chi connectivity index (χ4v) is 2.52. The third kappa shape index (κ3) is 3.14. The average molecular weight is 284 g/mol. The van der Waals surface area contributed by atoms with Crippen LogP contribution in [0.25, 0.3) is 0 Å². The van der Waals surface area contributed by atoms with E-state index >= 15 is 0 Å². The van der Waals surface area contributed by atoms with Crippen molar-refractivity contribution in [3.05, 3.63) is 0 Å². The fourth-order valence-electron chi connectivity index (χ4n) is 2.52. The number of likely N-dealkylation sites (tertiary alicyclic amines) is 1. The van der Waals surface area contributed by atoms with Gasteiger partial charge in [-0.1, -0.05) is 13.3 Å². The summed E-state index contributed by atoms with van der Waals surface area (Å²) in [5, 5.41) is 9.41. The van der Waals surface area contributed by atoms with E-state index in [-0.39, 0.29) is 5.91 Å². The number of carbonyl (C=O) groups excluding carboxylic acids is 1. The summed E-state index contributed by atoms with van der Waals surface area (Å²) in [6.45, 7) is 9.76. The topological polar surface area (TPSA) is 83.6 Å². The van der Waals surface area contributed by atoms with Gasteiger partial charge in [0.05, 0.1) is 5.41 Å². The predicted molar refractivity (Wildman–Crippen MR) is 78.2 cm³/mol. The number of piperidine rings is 1. The molecule has 2 atom stereocenters. The molecule has 116 valence electrons. The highest BCUT2D eigenvalue weighted by atomic mass is 16.4. The minimum absolute atomic E-state index is 0.160. The molecule has 0 aromatic carbocycles. The molecular formula is C15H28N2O3. The summed E-state index contributed by atoms with van der Waals surface area (Å²) in [5.41, 5.74) is 4.61. The molecule has 0 saturated carbocycles. The first-order chi connectivity index (χ1) is 9.02. The Morgan fingerprint density at radius 2 is 1.85 bits per heavy atom. The SMILES string of the molecule is CCC1CCN(C(=O)C(C)(C)C(C)(C)N)C(C(=O)O)C1. The number of hydrogen-bond acceptors (Lipinski definition) is 3. The average Bonchev–Trinajstić information content (AvgIpc) is 2.35. The highest BCUT2D eigenvalue weighted by Gasteiger charge is 2.46. The number of rotatable bonds is 4. The Kier molecular flexibility index (Phi) is 4.85. The molecule has 0 radical (unpaired) electrons. The van der Waals surface area contributed by atoms with Gasteiger partial charge < -0.3 is 15.7 Å². The molecule has 1 aliphatic rings. The van der Waals surface area contributed by atoms with Gasteiger partial charge in [-0.25, -0.2) is 4.79 Å². The van der Waals surface area contributed by atoms with Crippen molar-refractivity contribution in [3.63, 3.8) is 0 Å². The van der Waals surface area contributed by atoms with E-state index < -0.39 is 23.0 Å². The molecule has 1 saturated heterocycles. The normalized spacial score (nSPS) is 24.6. The van der Waals surface area contributed by atoms with Gasteiger partial charge in [-0.15, -0.1) is 0 Å². The monoisotopic (exact) mass is 284 g/mol. The highest BCUT2D eigenvalue weighted by Crippen LogP contribution is 2.34. The minimum atomic E-state index is -0.915. The van der Waals surface area contributed by atoms with Gasteiger partial charge in [-0.3, -0.25) is 4.79 Å². The quantitative estimate of drug-likeness (QED) is 0.825. The highest BCUT2D eigenvalue weighted by molar-refractivity contribution is 5.88. The third-order valence-corrected chi connectivity index (χ3v) is 4.98. The van der Waals surface area contributed by atoms with E-state index in [2.05, 4.69) is 6.92 Å². The second kappa shape index (κ2) is 5.72. The Morgan fingerprint density at radius 1 is 1.30 bits per heavy atom. The Morgan fingerprint density at radius 3 is 2.25 bits per heavy atom. The van der Waals surface area contributed by atoms with E-state index in [4.69, 9.17) is 5.73 Å². The van der Waals surface area contributed by atoms with Gasteiger partial charge in [-0.05, 0) is 46.5 Å². The van der Waals surface area contributed by atoms with Crippen molar-refractivity contribution in [2.24, 2.45) is 17.1 Å². The van der Waals surface area contributed by atoms with Gasteiger partial charge in [0.2, 0.25) is 5.91 Å². The number of nitrogens with two attached hydrogens (primary N) is 1. The smallest absolute Gasteiger partial charge is 0.326 e. The Hall–Kier alpha value is -1.10. The maximum atomic E-state index is 12.8. The zero-order valence-electron chi connectivity index (χ0n) is 13.3. The Bertz CT molecular complexity index is 385. The molecule has 5 heteroatoms. The van der Waals surface area contributed by atoms with Crippen LogP contribution >= 0.6 is 0 Å². The van der Waals surface area contributed by atoms with Crippen LogP contribution in [0.3, 0.4) is 0 Å². The van der Waals surface area contributed by atoms with Crippen LogP contribution in [0.5, 0.6) is 0 Å². The molecule has 1 heterocycles. The summed E-state index contributed by atoms with van der Waals surface area (Å²) in [5.74, 6) is -0.691. The Labute approximate surface area is 121 Å². The van der Waals surface area contributed by atoms with Crippen LogP contribution in [0.1, 0.15) is 53.9 Å². The second-order valence-electron chi connectivity index (χ2n) is 7.00. The summed E-state index contributed by atoms with van der Waals surface area (Å²) in [6.07, 6.45) is 2.36. The largest absolute Gasteiger partial charge is 0.480 e. The lowest BCUT2D eigenvalue weighted by Crippen LogP contribution is -2.60. The first-order valence-corrected chi connectivity index (χ1v) is 7.35. The zero-order valence-corrected chi connectivity index (χ0v) is 13.3. The molecule has 0 aromatic rings. The maximum absolute atomic E-state index is 12.8. The number of nitrogens with zero attached hydrogens (tertiary/aromatic N) is 1. The van der Waals surface area contributed by atoms with Crippen LogP contribution in [0.15, 0.2) is 0 Å². The lowest BCUT2D eigenvalue weighted by atomic mass is 9.73. The van der Waals surface area contributed by atoms with Crippen LogP contribution in [-0.4, -0.2) is 40.0 Å². The van der Waals surface area contributed by atoms with E-state index in [1.807, 2.05) is 0 Å². The van der Waals surface area contributed by atoms with Gasteiger partial charge in [-0.2, -0.15) is 0 Å². The predicted octanol–water partition coefficient (Wildman–Crippen LogP) is 1.85. The van der Waals surface area contributed by atoms with E-state index in [1.54, 1.807) is 27.7 Å². The summed E-state index contributed by atoms with van der Waals surface area (Å²) in [6, 6.07) is -0.720. The van der Waals surface area contributed by atoms with Crippen molar-refractivity contribution in [1.29, 1.82) is 0 Å². The van der Waals surface area contributed by atoms with E-state index in [0.29, 0.717) is 18.9 Å². The number of hydrogen-bond donors (Lipinski definition) is 2. The number of aliphatic carboxylic acids is 1. The first-order valence-electron chi connectivity index (χ1n) is 7.35. The van der Waals surface area contributed by atoms with Crippen molar-refractivity contribution in [1.82, 2.24) is 4.90 Å². The first kappa shape index (κ1) is 17.0. The summed E-state index contributed by atoms with van der Waals surface area (Å²) in [4.78, 5) is 25.8. The molecule has 1 amide bonds. The van der Waals surface area contributed by atoms with E-state index in [1.165, 1.54) is 4.90 Å². The fraction of sp³-hybridized carbons (Fsp3) is 0.867. The molecule has 20 heavy (non-hydrogen) atoms. The number of carboxylic acid groups (broad SMARTS) is 1. The zero-order chi connectivity index (χ0) is 15.7. The third-order valence-electron chi connectivity index (χ3n) is 4.98. The van der Waals surface area contributed by atoms with Crippen LogP contribution in [0, 0.1) is 11.3 Å². The van der Waals surface area contributed by atoms with Crippen molar-refractivity contribution < 1.29 is 14.7 Å². The van der Waals surface area contributed by atoms with E-state index in [0.717, 1.165) is 12.8 Å². The molecule has 1 fully saturated rings. The van der Waals surface area contributed by atoms with Gasteiger partial charge in [0, 0.05) is 12.1 Å². The van der Waals surface area contributed by atoms with Gasteiger partial charge in [0.25, 0.3) is 0 Å².